The molecule has 2 aromatic rings. The fourth-order valence-corrected chi connectivity index (χ4v) is 3.99. The quantitative estimate of drug-likeness (QED) is 0.493. The molecule has 2 aromatic carbocycles. The third kappa shape index (κ3) is 5.11. The second-order valence-electron chi connectivity index (χ2n) is 7.18. The van der Waals surface area contributed by atoms with Crippen molar-refractivity contribution in [1.82, 2.24) is 4.90 Å². The van der Waals surface area contributed by atoms with Gasteiger partial charge in [0.1, 0.15) is 0 Å². The van der Waals surface area contributed by atoms with Crippen LogP contribution >= 0.6 is 23.8 Å². The minimum Gasteiger partial charge on any atom is -0.465 e. The molecule has 0 bridgehead atoms. The smallest absolute Gasteiger partial charge is 0.417 e. The van der Waals surface area contributed by atoms with Gasteiger partial charge in [-0.25, -0.2) is 4.79 Å². The fraction of sp³-hybridized carbons (Fsp3) is 0.333. The number of hydrogen-bond acceptors (Lipinski definition) is 4. The average molecular weight is 473 g/mol. The number of likely N-dealkylation sites (tertiary alicyclic amines) is 1. The molecule has 5 nitrogen and oxygen atoms in total. The highest BCUT2D eigenvalue weighted by atomic mass is 35.5. The van der Waals surface area contributed by atoms with Crippen LogP contribution in [-0.2, 0) is 16.5 Å². The van der Waals surface area contributed by atoms with E-state index in [2.05, 4.69) is 5.32 Å². The summed E-state index contributed by atoms with van der Waals surface area (Å²) in [5, 5.41) is 13.9. The molecule has 3 rings (SSSR count). The molecule has 10 heteroatoms. The van der Waals surface area contributed by atoms with Crippen molar-refractivity contribution >= 4 is 40.6 Å². The number of esters is 1. The Bertz CT molecular complexity index is 992. The van der Waals surface area contributed by atoms with Crippen molar-refractivity contribution in [3.05, 3.63) is 64.2 Å². The highest BCUT2D eigenvalue weighted by Crippen LogP contribution is 2.40. The van der Waals surface area contributed by atoms with Gasteiger partial charge in [-0.1, -0.05) is 29.8 Å². The summed E-state index contributed by atoms with van der Waals surface area (Å²) in [7, 11) is 1.28. The molecular formula is C21H20ClF3N2O3S. The molecule has 31 heavy (non-hydrogen) atoms. The monoisotopic (exact) mass is 472 g/mol. The van der Waals surface area contributed by atoms with E-state index in [1.54, 1.807) is 29.2 Å². The fourth-order valence-electron chi connectivity index (χ4n) is 3.47. The van der Waals surface area contributed by atoms with Gasteiger partial charge in [0.05, 0.1) is 34.5 Å². The summed E-state index contributed by atoms with van der Waals surface area (Å²) in [6.07, 6.45) is -4.26. The molecule has 1 saturated heterocycles. The van der Waals surface area contributed by atoms with Crippen molar-refractivity contribution in [2.45, 2.75) is 24.6 Å². The molecule has 0 spiro atoms. The van der Waals surface area contributed by atoms with Gasteiger partial charge in [0.25, 0.3) is 0 Å². The second kappa shape index (κ2) is 9.02. The SMILES string of the molecule is COC(=O)c1ccccc1NC(=S)N1CCC(O)(c2ccc(Cl)c(C(F)(F)F)c2)CC1. The lowest BCUT2D eigenvalue weighted by Gasteiger charge is -2.40. The second-order valence-corrected chi connectivity index (χ2v) is 7.97. The van der Waals surface area contributed by atoms with Crippen molar-refractivity contribution in [2.75, 3.05) is 25.5 Å². The number of para-hydroxylation sites is 1. The first kappa shape index (κ1) is 23.3. The maximum Gasteiger partial charge on any atom is 0.417 e. The summed E-state index contributed by atoms with van der Waals surface area (Å²) in [6.45, 7) is 0.624. The number of halogens is 4. The predicted octanol–water partition coefficient (Wildman–Crippen LogP) is 4.83. The first-order chi connectivity index (χ1) is 14.5. The zero-order valence-electron chi connectivity index (χ0n) is 16.5. The zero-order chi connectivity index (χ0) is 22.8. The summed E-state index contributed by atoms with van der Waals surface area (Å²) >= 11 is 11.1. The molecule has 1 aliphatic rings. The highest BCUT2D eigenvalue weighted by Gasteiger charge is 2.39. The number of thiocarbonyl (C=S) groups is 1. The molecule has 1 fully saturated rings. The number of hydrogen-bond donors (Lipinski definition) is 2. The number of piperidine rings is 1. The normalized spacial score (nSPS) is 16.0. The standard InChI is InChI=1S/C21H20ClF3N2O3S/c1-30-18(28)14-4-2-3-5-17(14)26-19(31)27-10-8-20(29,9-11-27)13-6-7-16(22)15(12-13)21(23,24)25/h2-7,12,29H,8-11H2,1H3,(H,26,31). The molecule has 166 valence electrons. The van der Waals surface area contributed by atoms with Gasteiger partial charge in [0.15, 0.2) is 5.11 Å². The van der Waals surface area contributed by atoms with Crippen LogP contribution in [0.25, 0.3) is 0 Å². The van der Waals surface area contributed by atoms with Crippen LogP contribution in [0.1, 0.15) is 34.3 Å². The van der Waals surface area contributed by atoms with Crippen LogP contribution in [-0.4, -0.2) is 41.3 Å². The number of rotatable bonds is 3. The largest absolute Gasteiger partial charge is 0.465 e. The van der Waals surface area contributed by atoms with E-state index in [4.69, 9.17) is 28.6 Å². The summed E-state index contributed by atoms with van der Waals surface area (Å²) in [5.74, 6) is -0.512. The molecule has 0 atom stereocenters. The van der Waals surface area contributed by atoms with E-state index in [0.29, 0.717) is 29.5 Å². The van der Waals surface area contributed by atoms with Crippen LogP contribution in [0.3, 0.4) is 0 Å². The Labute approximate surface area is 187 Å². The van der Waals surface area contributed by atoms with Gasteiger partial charge in [0, 0.05) is 13.1 Å². The van der Waals surface area contributed by atoms with Crippen LogP contribution in [0.2, 0.25) is 5.02 Å². The first-order valence-electron chi connectivity index (χ1n) is 9.38. The Kier molecular flexibility index (Phi) is 6.78. The maximum absolute atomic E-state index is 13.2. The number of alkyl halides is 3. The van der Waals surface area contributed by atoms with Gasteiger partial charge >= 0.3 is 12.1 Å². The van der Waals surface area contributed by atoms with E-state index in [1.807, 2.05) is 0 Å². The van der Waals surface area contributed by atoms with E-state index in [0.717, 1.165) is 12.1 Å². The van der Waals surface area contributed by atoms with Gasteiger partial charge in [-0.2, -0.15) is 13.2 Å². The van der Waals surface area contributed by atoms with Crippen LogP contribution in [0.5, 0.6) is 0 Å². The van der Waals surface area contributed by atoms with Crippen molar-refractivity contribution in [3.63, 3.8) is 0 Å². The molecule has 1 aliphatic heterocycles. The van der Waals surface area contributed by atoms with Gasteiger partial charge in [-0.05, 0) is 54.9 Å². The number of carbonyl (C=O) groups excluding carboxylic acids is 1. The molecule has 0 unspecified atom stereocenters. The number of methoxy groups -OCH3 is 1. The summed E-state index contributed by atoms with van der Waals surface area (Å²) in [4.78, 5) is 13.7. The Morgan fingerprint density at radius 2 is 1.87 bits per heavy atom. The number of anilines is 1. The minimum absolute atomic E-state index is 0.166. The molecule has 2 N–H and O–H groups in total. The van der Waals surface area contributed by atoms with Crippen LogP contribution in [0.15, 0.2) is 42.5 Å². The third-order valence-corrected chi connectivity index (χ3v) is 5.95. The summed E-state index contributed by atoms with van der Waals surface area (Å²) in [6, 6.07) is 10.2. The van der Waals surface area contributed by atoms with E-state index in [-0.39, 0.29) is 18.4 Å². The number of benzene rings is 2. The van der Waals surface area contributed by atoms with E-state index in [1.165, 1.54) is 13.2 Å². The average Bonchev–Trinajstić information content (AvgIpc) is 2.73. The molecule has 0 aromatic heterocycles. The lowest BCUT2D eigenvalue weighted by atomic mass is 9.84. The first-order valence-corrected chi connectivity index (χ1v) is 10.2. The van der Waals surface area contributed by atoms with Crippen LogP contribution in [0.4, 0.5) is 18.9 Å². The van der Waals surface area contributed by atoms with Crippen LogP contribution < -0.4 is 5.32 Å². The van der Waals surface area contributed by atoms with Crippen molar-refractivity contribution in [3.8, 4) is 0 Å². The van der Waals surface area contributed by atoms with E-state index in [9.17, 15) is 23.1 Å². The number of nitrogens with zero attached hydrogens (tertiary/aromatic N) is 1. The Hall–Kier alpha value is -2.36. The van der Waals surface area contributed by atoms with Crippen molar-refractivity contribution < 1.29 is 27.8 Å². The molecule has 0 saturated carbocycles. The lowest BCUT2D eigenvalue weighted by Crippen LogP contribution is -2.46. The topological polar surface area (TPSA) is 61.8 Å². The van der Waals surface area contributed by atoms with Crippen LogP contribution in [0, 0.1) is 0 Å². The number of nitrogens with one attached hydrogen (secondary N) is 1. The molecule has 0 amide bonds. The number of aliphatic hydroxyl groups is 1. The van der Waals surface area contributed by atoms with Gasteiger partial charge in [0.2, 0.25) is 0 Å². The van der Waals surface area contributed by atoms with E-state index < -0.39 is 28.3 Å². The maximum atomic E-state index is 13.2. The van der Waals surface area contributed by atoms with Gasteiger partial charge in [-0.15, -0.1) is 0 Å². The number of ether oxygens (including phenoxy) is 1. The summed E-state index contributed by atoms with van der Waals surface area (Å²) in [5.41, 5.74) is -1.44. The zero-order valence-corrected chi connectivity index (χ0v) is 18.1. The van der Waals surface area contributed by atoms with Crippen molar-refractivity contribution in [2.24, 2.45) is 0 Å². The Balaban J connectivity index is 1.71. The molecular weight excluding hydrogens is 453 g/mol. The molecule has 1 heterocycles. The van der Waals surface area contributed by atoms with Gasteiger partial charge in [-0.3, -0.25) is 0 Å². The number of carbonyl (C=O) groups is 1. The van der Waals surface area contributed by atoms with Gasteiger partial charge < -0.3 is 20.1 Å². The van der Waals surface area contributed by atoms with Crippen molar-refractivity contribution in [1.29, 1.82) is 0 Å². The molecule has 0 aliphatic carbocycles. The minimum atomic E-state index is -4.61. The van der Waals surface area contributed by atoms with E-state index >= 15 is 0 Å². The summed E-state index contributed by atoms with van der Waals surface area (Å²) < 4.78 is 44.3. The third-order valence-electron chi connectivity index (χ3n) is 5.26. The highest BCUT2D eigenvalue weighted by molar-refractivity contribution is 7.80. The Morgan fingerprint density at radius 3 is 2.48 bits per heavy atom. The molecule has 0 radical (unpaired) electrons. The predicted molar refractivity (Wildman–Crippen MR) is 115 cm³/mol. The Morgan fingerprint density at radius 1 is 1.23 bits per heavy atom. The lowest BCUT2D eigenvalue weighted by molar-refractivity contribution is -0.137.